The summed E-state index contributed by atoms with van der Waals surface area (Å²) in [5.41, 5.74) is 0.443. The predicted octanol–water partition coefficient (Wildman–Crippen LogP) is 3.44. The molecular weight excluding hydrogens is 384 g/mol. The van der Waals surface area contributed by atoms with Gasteiger partial charge in [0.05, 0.1) is 18.9 Å². The number of aliphatic hydroxyl groups excluding tert-OH is 1. The van der Waals surface area contributed by atoms with Crippen LogP contribution in [-0.4, -0.2) is 59.9 Å². The minimum absolute atomic E-state index is 0.0334. The number of carbonyl (C=O) groups excluding carboxylic acids is 2. The number of ether oxygens (including phenoxy) is 1. The lowest BCUT2D eigenvalue weighted by Crippen LogP contribution is -2.33. The molecule has 0 saturated carbocycles. The van der Waals surface area contributed by atoms with Gasteiger partial charge in [-0.25, -0.2) is 0 Å². The van der Waals surface area contributed by atoms with Crippen molar-refractivity contribution in [3.63, 3.8) is 0 Å². The number of Topliss-reactive ketones (excluding diaryl/α,β-unsaturated/α-hetero) is 1. The average Bonchev–Trinajstić information content (AvgIpc) is 3.38. The van der Waals surface area contributed by atoms with E-state index in [9.17, 15) is 14.7 Å². The average molecular weight is 412 g/mol. The van der Waals surface area contributed by atoms with Crippen LogP contribution < -0.4 is 4.74 Å². The highest BCUT2D eigenvalue weighted by molar-refractivity contribution is 6.46. The summed E-state index contributed by atoms with van der Waals surface area (Å²) in [7, 11) is 1.52. The zero-order chi connectivity index (χ0) is 21.7. The largest absolute Gasteiger partial charge is 0.507 e. The van der Waals surface area contributed by atoms with Gasteiger partial charge in [0.25, 0.3) is 11.7 Å². The molecule has 1 aromatic heterocycles. The van der Waals surface area contributed by atoms with Crippen molar-refractivity contribution in [1.82, 2.24) is 9.80 Å². The van der Waals surface area contributed by atoms with E-state index in [1.165, 1.54) is 18.3 Å². The first-order valence-electron chi connectivity index (χ1n) is 10.2. The molecule has 1 amide bonds. The molecule has 0 bridgehead atoms. The van der Waals surface area contributed by atoms with Gasteiger partial charge in [-0.05, 0) is 50.3 Å². The normalized spacial score (nSPS) is 18.4. The first-order chi connectivity index (χ1) is 14.5. The first kappa shape index (κ1) is 21.6. The Morgan fingerprint density at radius 3 is 2.60 bits per heavy atom. The molecular formula is C23H28N2O5. The number of hydrogen-bond acceptors (Lipinski definition) is 6. The summed E-state index contributed by atoms with van der Waals surface area (Å²) in [6.45, 7) is 7.23. The second-order valence-electron chi connectivity index (χ2n) is 7.12. The van der Waals surface area contributed by atoms with Gasteiger partial charge in [0.2, 0.25) is 0 Å². The molecule has 3 rings (SSSR count). The Morgan fingerprint density at radius 2 is 1.97 bits per heavy atom. The Hall–Kier alpha value is -3.06. The van der Waals surface area contributed by atoms with Crippen molar-refractivity contribution in [3.05, 3.63) is 59.6 Å². The molecule has 2 aromatic rings. The molecule has 1 aliphatic heterocycles. The summed E-state index contributed by atoms with van der Waals surface area (Å²) < 4.78 is 10.8. The van der Waals surface area contributed by atoms with Crippen LogP contribution in [0.4, 0.5) is 0 Å². The van der Waals surface area contributed by atoms with E-state index in [0.29, 0.717) is 30.0 Å². The molecule has 0 spiro atoms. The van der Waals surface area contributed by atoms with Gasteiger partial charge in [0, 0.05) is 12.1 Å². The number of rotatable bonds is 9. The molecule has 1 unspecified atom stereocenters. The first-order valence-corrected chi connectivity index (χ1v) is 10.2. The zero-order valence-electron chi connectivity index (χ0n) is 17.6. The number of likely N-dealkylation sites (tertiary alicyclic amines) is 1. The van der Waals surface area contributed by atoms with Crippen molar-refractivity contribution in [2.75, 3.05) is 33.3 Å². The van der Waals surface area contributed by atoms with Crippen LogP contribution in [0.2, 0.25) is 0 Å². The van der Waals surface area contributed by atoms with E-state index in [-0.39, 0.29) is 11.3 Å². The van der Waals surface area contributed by atoms with Gasteiger partial charge in [-0.1, -0.05) is 26.0 Å². The van der Waals surface area contributed by atoms with E-state index in [1.54, 1.807) is 36.4 Å². The fraction of sp³-hybridized carbons (Fsp3) is 0.391. The molecule has 0 aliphatic carbocycles. The molecule has 1 atom stereocenters. The standard InChI is InChI=1S/C23H28N2O5/c1-4-24(5-2)12-8-13-25-20(18-11-7-14-30-18)19(22(27)23(25)28)21(26)16-9-6-10-17(15-16)29-3/h6-7,9-11,14-15,20,26H,4-5,8,12-13H2,1-3H3. The number of methoxy groups -OCH3 is 1. The van der Waals surface area contributed by atoms with E-state index in [1.807, 2.05) is 0 Å². The van der Waals surface area contributed by atoms with Gasteiger partial charge in [0.1, 0.15) is 23.3 Å². The van der Waals surface area contributed by atoms with Crippen LogP contribution in [0, 0.1) is 0 Å². The van der Waals surface area contributed by atoms with Gasteiger partial charge >= 0.3 is 0 Å². The third-order valence-corrected chi connectivity index (χ3v) is 5.46. The molecule has 2 heterocycles. The summed E-state index contributed by atoms with van der Waals surface area (Å²) in [6, 6.07) is 9.42. The summed E-state index contributed by atoms with van der Waals surface area (Å²) in [6.07, 6.45) is 2.21. The minimum Gasteiger partial charge on any atom is -0.507 e. The lowest BCUT2D eigenvalue weighted by Gasteiger charge is -2.25. The van der Waals surface area contributed by atoms with Crippen molar-refractivity contribution in [2.24, 2.45) is 0 Å². The zero-order valence-corrected chi connectivity index (χ0v) is 17.6. The number of amides is 1. The fourth-order valence-corrected chi connectivity index (χ4v) is 3.78. The van der Waals surface area contributed by atoms with Gasteiger partial charge in [-0.2, -0.15) is 0 Å². The van der Waals surface area contributed by atoms with E-state index in [4.69, 9.17) is 9.15 Å². The highest BCUT2D eigenvalue weighted by atomic mass is 16.5. The third-order valence-electron chi connectivity index (χ3n) is 5.46. The van der Waals surface area contributed by atoms with Crippen LogP contribution in [-0.2, 0) is 9.59 Å². The lowest BCUT2D eigenvalue weighted by atomic mass is 9.99. The maximum Gasteiger partial charge on any atom is 0.295 e. The number of nitrogens with zero attached hydrogens (tertiary/aromatic N) is 2. The van der Waals surface area contributed by atoms with Crippen LogP contribution >= 0.6 is 0 Å². The van der Waals surface area contributed by atoms with Crippen LogP contribution in [0.1, 0.15) is 37.6 Å². The molecule has 7 heteroatoms. The molecule has 1 aromatic carbocycles. The summed E-state index contributed by atoms with van der Waals surface area (Å²) in [5, 5.41) is 11.0. The second-order valence-corrected chi connectivity index (χ2v) is 7.12. The highest BCUT2D eigenvalue weighted by Crippen LogP contribution is 2.39. The Labute approximate surface area is 176 Å². The van der Waals surface area contributed by atoms with Crippen molar-refractivity contribution < 1.29 is 23.8 Å². The number of hydrogen-bond donors (Lipinski definition) is 1. The van der Waals surface area contributed by atoms with Crippen molar-refractivity contribution in [2.45, 2.75) is 26.3 Å². The third kappa shape index (κ3) is 4.26. The number of carbonyl (C=O) groups is 2. The second kappa shape index (κ2) is 9.63. The van der Waals surface area contributed by atoms with Crippen molar-refractivity contribution >= 4 is 17.4 Å². The monoisotopic (exact) mass is 412 g/mol. The van der Waals surface area contributed by atoms with E-state index in [0.717, 1.165) is 19.6 Å². The molecule has 30 heavy (non-hydrogen) atoms. The summed E-state index contributed by atoms with van der Waals surface area (Å²) in [5.74, 6) is -0.580. The van der Waals surface area contributed by atoms with Crippen molar-refractivity contribution in [3.8, 4) is 5.75 Å². The van der Waals surface area contributed by atoms with E-state index < -0.39 is 17.7 Å². The topological polar surface area (TPSA) is 83.2 Å². The number of benzene rings is 1. The van der Waals surface area contributed by atoms with Gasteiger partial charge < -0.3 is 24.1 Å². The van der Waals surface area contributed by atoms with E-state index >= 15 is 0 Å². The Morgan fingerprint density at radius 1 is 1.20 bits per heavy atom. The quantitative estimate of drug-likeness (QED) is 0.386. The maximum absolute atomic E-state index is 12.9. The fourth-order valence-electron chi connectivity index (χ4n) is 3.78. The number of furan rings is 1. The molecule has 1 N–H and O–H groups in total. The molecule has 1 fully saturated rings. The van der Waals surface area contributed by atoms with E-state index in [2.05, 4.69) is 18.7 Å². The summed E-state index contributed by atoms with van der Waals surface area (Å²) in [4.78, 5) is 29.5. The Balaban J connectivity index is 1.97. The molecule has 7 nitrogen and oxygen atoms in total. The smallest absolute Gasteiger partial charge is 0.295 e. The lowest BCUT2D eigenvalue weighted by molar-refractivity contribution is -0.140. The van der Waals surface area contributed by atoms with Crippen molar-refractivity contribution in [1.29, 1.82) is 0 Å². The SMILES string of the molecule is CCN(CC)CCCN1C(=O)C(=O)C(=C(O)c2cccc(OC)c2)C1c1ccco1. The van der Waals surface area contributed by atoms with Gasteiger partial charge in [0.15, 0.2) is 0 Å². The van der Waals surface area contributed by atoms with Crippen LogP contribution in [0.25, 0.3) is 5.76 Å². The highest BCUT2D eigenvalue weighted by Gasteiger charge is 2.47. The minimum atomic E-state index is -0.761. The van der Waals surface area contributed by atoms with Crippen LogP contribution in [0.15, 0.2) is 52.7 Å². The van der Waals surface area contributed by atoms with Gasteiger partial charge in [-0.15, -0.1) is 0 Å². The molecule has 1 saturated heterocycles. The number of ketones is 1. The number of aliphatic hydroxyl groups is 1. The van der Waals surface area contributed by atoms with Gasteiger partial charge in [-0.3, -0.25) is 9.59 Å². The molecule has 160 valence electrons. The maximum atomic E-state index is 12.9. The predicted molar refractivity (Wildman–Crippen MR) is 113 cm³/mol. The molecule has 0 radical (unpaired) electrons. The Bertz CT molecular complexity index is 915. The molecule has 1 aliphatic rings. The van der Waals surface area contributed by atoms with Crippen LogP contribution in [0.3, 0.4) is 0 Å². The van der Waals surface area contributed by atoms with Crippen LogP contribution in [0.5, 0.6) is 5.75 Å². The summed E-state index contributed by atoms with van der Waals surface area (Å²) >= 11 is 0. The Kier molecular flexibility index (Phi) is 6.95.